The van der Waals surface area contributed by atoms with Crippen molar-refractivity contribution in [1.29, 1.82) is 0 Å². The van der Waals surface area contributed by atoms with Crippen LogP contribution in [0.5, 0.6) is 0 Å². The standard InChI is InChI=1S/C13H23N3O4/c1-2-3-14-4-6-15(7-5-14)13(19)16-8-9-20-11(10-16)12(17)18/h11H,2-10H2,1H3,(H,17,18). The van der Waals surface area contributed by atoms with Crippen molar-refractivity contribution in [2.45, 2.75) is 19.4 Å². The van der Waals surface area contributed by atoms with Crippen molar-refractivity contribution in [2.75, 3.05) is 52.4 Å². The molecule has 0 aliphatic carbocycles. The maximum Gasteiger partial charge on any atom is 0.334 e. The number of hydrogen-bond acceptors (Lipinski definition) is 4. The zero-order valence-corrected chi connectivity index (χ0v) is 12.0. The largest absolute Gasteiger partial charge is 0.479 e. The molecule has 114 valence electrons. The zero-order valence-electron chi connectivity index (χ0n) is 12.0. The SMILES string of the molecule is CCCN1CCN(C(=O)N2CCOC(C(=O)O)C2)CC1. The molecule has 2 rings (SSSR count). The lowest BCUT2D eigenvalue weighted by Gasteiger charge is -2.39. The van der Waals surface area contributed by atoms with E-state index in [1.807, 2.05) is 4.90 Å². The van der Waals surface area contributed by atoms with Crippen LogP contribution in [0.25, 0.3) is 0 Å². The van der Waals surface area contributed by atoms with Gasteiger partial charge in [0, 0.05) is 32.7 Å². The summed E-state index contributed by atoms with van der Waals surface area (Å²) in [6.07, 6.45) is 0.228. The van der Waals surface area contributed by atoms with Crippen molar-refractivity contribution in [3.63, 3.8) is 0 Å². The van der Waals surface area contributed by atoms with Crippen LogP contribution in [0.1, 0.15) is 13.3 Å². The predicted octanol–water partition coefficient (Wildman–Crippen LogP) is -0.0806. The number of aliphatic carboxylic acids is 1. The molecule has 7 nitrogen and oxygen atoms in total. The van der Waals surface area contributed by atoms with Crippen molar-refractivity contribution in [2.24, 2.45) is 0 Å². The number of morpholine rings is 1. The first-order chi connectivity index (χ1) is 9.61. The molecule has 0 radical (unpaired) electrons. The molecule has 0 bridgehead atoms. The number of piperazine rings is 1. The van der Waals surface area contributed by atoms with Crippen LogP contribution in [-0.2, 0) is 9.53 Å². The van der Waals surface area contributed by atoms with Gasteiger partial charge in [-0.1, -0.05) is 6.92 Å². The van der Waals surface area contributed by atoms with Crippen LogP contribution in [0, 0.1) is 0 Å². The van der Waals surface area contributed by atoms with Crippen molar-refractivity contribution in [3.05, 3.63) is 0 Å². The van der Waals surface area contributed by atoms with Gasteiger partial charge in [0.25, 0.3) is 0 Å². The van der Waals surface area contributed by atoms with Gasteiger partial charge >= 0.3 is 12.0 Å². The number of amides is 2. The Hall–Kier alpha value is -1.34. The molecule has 0 saturated carbocycles. The second kappa shape index (κ2) is 6.90. The highest BCUT2D eigenvalue weighted by Gasteiger charge is 2.32. The van der Waals surface area contributed by atoms with E-state index in [0.29, 0.717) is 26.2 Å². The van der Waals surface area contributed by atoms with Gasteiger partial charge in [-0.3, -0.25) is 4.90 Å². The molecule has 0 aromatic heterocycles. The molecule has 7 heteroatoms. The van der Waals surface area contributed by atoms with Crippen molar-refractivity contribution in [1.82, 2.24) is 14.7 Å². The molecule has 1 atom stereocenters. The van der Waals surface area contributed by atoms with Gasteiger partial charge in [-0.25, -0.2) is 9.59 Å². The van der Waals surface area contributed by atoms with E-state index in [-0.39, 0.29) is 12.6 Å². The molecule has 0 aromatic carbocycles. The summed E-state index contributed by atoms with van der Waals surface area (Å²) in [5.41, 5.74) is 0. The zero-order chi connectivity index (χ0) is 14.5. The predicted molar refractivity (Wildman–Crippen MR) is 72.6 cm³/mol. The highest BCUT2D eigenvalue weighted by Crippen LogP contribution is 2.11. The number of carboxylic acid groups (broad SMARTS) is 1. The van der Waals surface area contributed by atoms with Gasteiger partial charge < -0.3 is 19.6 Å². The van der Waals surface area contributed by atoms with Gasteiger partial charge in [-0.15, -0.1) is 0 Å². The summed E-state index contributed by atoms with van der Waals surface area (Å²) in [5, 5.41) is 8.96. The first kappa shape index (κ1) is 15.1. The lowest BCUT2D eigenvalue weighted by Crippen LogP contribution is -2.56. The molecule has 2 aliphatic rings. The second-order valence-electron chi connectivity index (χ2n) is 5.25. The van der Waals surface area contributed by atoms with Crippen LogP contribution in [0.2, 0.25) is 0 Å². The van der Waals surface area contributed by atoms with Gasteiger partial charge in [0.05, 0.1) is 13.2 Å². The number of rotatable bonds is 3. The van der Waals surface area contributed by atoms with Crippen LogP contribution >= 0.6 is 0 Å². The van der Waals surface area contributed by atoms with Crippen molar-refractivity contribution in [3.8, 4) is 0 Å². The maximum atomic E-state index is 12.4. The number of hydrogen-bond donors (Lipinski definition) is 1. The Labute approximate surface area is 119 Å². The van der Waals surface area contributed by atoms with E-state index in [1.54, 1.807) is 4.90 Å². The summed E-state index contributed by atoms with van der Waals surface area (Å²) < 4.78 is 5.14. The van der Waals surface area contributed by atoms with E-state index in [9.17, 15) is 9.59 Å². The molecule has 2 aliphatic heterocycles. The number of nitrogens with zero attached hydrogens (tertiary/aromatic N) is 3. The molecule has 1 unspecified atom stereocenters. The lowest BCUT2D eigenvalue weighted by molar-refractivity contribution is -0.154. The van der Waals surface area contributed by atoms with E-state index in [4.69, 9.17) is 9.84 Å². The van der Waals surface area contributed by atoms with Crippen LogP contribution < -0.4 is 0 Å². The van der Waals surface area contributed by atoms with E-state index in [1.165, 1.54) is 0 Å². The average Bonchev–Trinajstić information content (AvgIpc) is 2.48. The molecule has 2 heterocycles. The Morgan fingerprint density at radius 1 is 1.15 bits per heavy atom. The molecule has 2 fully saturated rings. The third kappa shape index (κ3) is 3.61. The topological polar surface area (TPSA) is 73.3 Å². The van der Waals surface area contributed by atoms with Gasteiger partial charge in [0.2, 0.25) is 0 Å². The highest BCUT2D eigenvalue weighted by atomic mass is 16.5. The second-order valence-corrected chi connectivity index (χ2v) is 5.25. The minimum atomic E-state index is -1.00. The fraction of sp³-hybridized carbons (Fsp3) is 0.846. The fourth-order valence-corrected chi connectivity index (χ4v) is 2.65. The van der Waals surface area contributed by atoms with Crippen LogP contribution in [0.4, 0.5) is 4.79 Å². The third-order valence-corrected chi connectivity index (χ3v) is 3.80. The van der Waals surface area contributed by atoms with Crippen molar-refractivity contribution >= 4 is 12.0 Å². The first-order valence-electron chi connectivity index (χ1n) is 7.22. The minimum absolute atomic E-state index is 0.0595. The summed E-state index contributed by atoms with van der Waals surface area (Å²) in [6, 6.07) is -0.0595. The molecular formula is C13H23N3O4. The summed E-state index contributed by atoms with van der Waals surface area (Å²) in [6.45, 7) is 7.35. The highest BCUT2D eigenvalue weighted by molar-refractivity contribution is 5.77. The number of carbonyl (C=O) groups excluding carboxylic acids is 1. The van der Waals surface area contributed by atoms with Gasteiger partial charge in [0.15, 0.2) is 6.10 Å². The molecule has 0 spiro atoms. The summed E-state index contributed by atoms with van der Waals surface area (Å²) in [5.74, 6) is -1.00. The van der Waals surface area contributed by atoms with Crippen LogP contribution in [0.3, 0.4) is 0 Å². The van der Waals surface area contributed by atoms with Gasteiger partial charge in [-0.05, 0) is 13.0 Å². The maximum absolute atomic E-state index is 12.4. The normalized spacial score (nSPS) is 24.8. The number of ether oxygens (including phenoxy) is 1. The summed E-state index contributed by atoms with van der Waals surface area (Å²) in [7, 11) is 0. The monoisotopic (exact) mass is 285 g/mol. The molecular weight excluding hydrogens is 262 g/mol. The Kier molecular flexibility index (Phi) is 5.19. The van der Waals surface area contributed by atoms with Crippen LogP contribution in [-0.4, -0.2) is 90.3 Å². The third-order valence-electron chi connectivity index (χ3n) is 3.80. The van der Waals surface area contributed by atoms with E-state index in [0.717, 1.165) is 26.1 Å². The summed E-state index contributed by atoms with van der Waals surface area (Å²) >= 11 is 0. The number of carboxylic acids is 1. The molecule has 20 heavy (non-hydrogen) atoms. The quantitative estimate of drug-likeness (QED) is 0.785. The molecule has 2 amide bonds. The first-order valence-corrected chi connectivity index (χ1v) is 7.22. The molecule has 0 aromatic rings. The van der Waals surface area contributed by atoms with Gasteiger partial charge in [-0.2, -0.15) is 0 Å². The Balaban J connectivity index is 1.84. The molecule has 2 saturated heterocycles. The van der Waals surface area contributed by atoms with E-state index < -0.39 is 12.1 Å². The van der Waals surface area contributed by atoms with E-state index in [2.05, 4.69) is 11.8 Å². The average molecular weight is 285 g/mol. The number of urea groups is 1. The van der Waals surface area contributed by atoms with Gasteiger partial charge in [0.1, 0.15) is 0 Å². The van der Waals surface area contributed by atoms with Crippen molar-refractivity contribution < 1.29 is 19.4 Å². The molecule has 1 N–H and O–H groups in total. The smallest absolute Gasteiger partial charge is 0.334 e. The Morgan fingerprint density at radius 2 is 1.85 bits per heavy atom. The minimum Gasteiger partial charge on any atom is -0.479 e. The summed E-state index contributed by atoms with van der Waals surface area (Å²) in [4.78, 5) is 29.1. The van der Waals surface area contributed by atoms with Crippen LogP contribution in [0.15, 0.2) is 0 Å². The Morgan fingerprint density at radius 3 is 2.45 bits per heavy atom. The fourth-order valence-electron chi connectivity index (χ4n) is 2.65. The number of carbonyl (C=O) groups is 2. The Bertz CT molecular complexity index is 356. The van der Waals surface area contributed by atoms with E-state index >= 15 is 0 Å². The lowest BCUT2D eigenvalue weighted by atomic mass is 10.2.